The summed E-state index contributed by atoms with van der Waals surface area (Å²) in [6.45, 7) is 2.12. The molecule has 26 heavy (non-hydrogen) atoms. The van der Waals surface area contributed by atoms with Crippen molar-refractivity contribution in [2.45, 2.75) is 13.5 Å². The molecule has 3 rings (SSSR count). The second-order valence-corrected chi connectivity index (χ2v) is 6.66. The number of pyridine rings is 1. The fourth-order valence-corrected chi connectivity index (χ4v) is 2.91. The maximum Gasteiger partial charge on any atom is 0.257 e. The van der Waals surface area contributed by atoms with Gasteiger partial charge < -0.3 is 9.88 Å². The molecule has 4 nitrogen and oxygen atoms in total. The van der Waals surface area contributed by atoms with Crippen molar-refractivity contribution in [2.24, 2.45) is 0 Å². The smallest absolute Gasteiger partial charge is 0.257 e. The highest BCUT2D eigenvalue weighted by molar-refractivity contribution is 6.32. The minimum atomic E-state index is -0.316. The van der Waals surface area contributed by atoms with Crippen molar-refractivity contribution in [3.8, 4) is 0 Å². The van der Waals surface area contributed by atoms with E-state index in [9.17, 15) is 9.59 Å². The molecule has 0 atom stereocenters. The summed E-state index contributed by atoms with van der Waals surface area (Å²) < 4.78 is 1.46. The summed E-state index contributed by atoms with van der Waals surface area (Å²) in [6, 6.07) is 15.5. The van der Waals surface area contributed by atoms with Crippen molar-refractivity contribution < 1.29 is 4.79 Å². The van der Waals surface area contributed by atoms with Gasteiger partial charge in [0, 0.05) is 28.0 Å². The third kappa shape index (κ3) is 3.98. The average molecular weight is 387 g/mol. The van der Waals surface area contributed by atoms with Gasteiger partial charge >= 0.3 is 0 Å². The van der Waals surface area contributed by atoms with E-state index < -0.39 is 0 Å². The Morgan fingerprint density at radius 1 is 1.00 bits per heavy atom. The molecule has 0 radical (unpaired) electrons. The van der Waals surface area contributed by atoms with Gasteiger partial charge in [0.2, 0.25) is 0 Å². The Labute approximate surface area is 161 Å². The Bertz CT molecular complexity index is 1030. The lowest BCUT2D eigenvalue weighted by Gasteiger charge is -2.12. The van der Waals surface area contributed by atoms with Crippen LogP contribution in [0.2, 0.25) is 10.0 Å². The van der Waals surface area contributed by atoms with Crippen LogP contribution in [-0.4, -0.2) is 10.5 Å². The Hall–Kier alpha value is -2.56. The second kappa shape index (κ2) is 7.77. The minimum Gasteiger partial charge on any atom is -0.322 e. The first-order valence-electron chi connectivity index (χ1n) is 7.96. The maximum absolute atomic E-state index is 12.6. The second-order valence-electron chi connectivity index (χ2n) is 5.84. The number of hydrogen-bond donors (Lipinski definition) is 1. The van der Waals surface area contributed by atoms with Crippen molar-refractivity contribution >= 4 is 34.8 Å². The lowest BCUT2D eigenvalue weighted by Crippen LogP contribution is -2.22. The van der Waals surface area contributed by atoms with Crippen molar-refractivity contribution in [1.82, 2.24) is 4.57 Å². The van der Waals surface area contributed by atoms with Gasteiger partial charge in [-0.3, -0.25) is 9.59 Å². The van der Waals surface area contributed by atoms with Gasteiger partial charge in [-0.15, -0.1) is 0 Å². The highest BCUT2D eigenvalue weighted by Crippen LogP contribution is 2.23. The van der Waals surface area contributed by atoms with Crippen LogP contribution in [-0.2, 0) is 6.54 Å². The number of aromatic nitrogens is 1. The molecule has 0 saturated carbocycles. The molecule has 0 unspecified atom stereocenters. The Morgan fingerprint density at radius 2 is 1.73 bits per heavy atom. The van der Waals surface area contributed by atoms with E-state index >= 15 is 0 Å². The molecule has 1 amide bonds. The average Bonchev–Trinajstić information content (AvgIpc) is 2.62. The molecule has 0 bridgehead atoms. The molecule has 0 saturated heterocycles. The number of nitrogens with zero attached hydrogens (tertiary/aromatic N) is 1. The molecule has 3 aromatic rings. The largest absolute Gasteiger partial charge is 0.322 e. The molecule has 0 fully saturated rings. The maximum atomic E-state index is 12.6. The van der Waals surface area contributed by atoms with Crippen molar-refractivity contribution in [1.29, 1.82) is 0 Å². The van der Waals surface area contributed by atoms with E-state index in [1.165, 1.54) is 22.9 Å². The van der Waals surface area contributed by atoms with E-state index in [1.807, 2.05) is 25.1 Å². The van der Waals surface area contributed by atoms with Crippen LogP contribution in [0.25, 0.3) is 0 Å². The minimum absolute atomic E-state index is 0.208. The van der Waals surface area contributed by atoms with Crippen LogP contribution in [0, 0.1) is 6.92 Å². The molecule has 0 aliphatic rings. The zero-order chi connectivity index (χ0) is 18.7. The zero-order valence-electron chi connectivity index (χ0n) is 14.0. The number of nitrogens with one attached hydrogen (secondary N) is 1. The van der Waals surface area contributed by atoms with Gasteiger partial charge in [0.1, 0.15) is 0 Å². The highest BCUT2D eigenvalue weighted by Gasteiger charge is 2.11. The molecule has 0 aliphatic carbocycles. The first kappa shape index (κ1) is 18.2. The molecule has 0 aliphatic heterocycles. The summed E-state index contributed by atoms with van der Waals surface area (Å²) in [5, 5.41) is 3.97. The summed E-state index contributed by atoms with van der Waals surface area (Å²) in [4.78, 5) is 24.7. The van der Waals surface area contributed by atoms with Crippen LogP contribution in [0.4, 0.5) is 5.69 Å². The summed E-state index contributed by atoms with van der Waals surface area (Å²) >= 11 is 12.2. The predicted molar refractivity (Wildman–Crippen MR) is 105 cm³/mol. The number of benzene rings is 2. The molecular formula is C20H16Cl2N2O2. The van der Waals surface area contributed by atoms with Gasteiger partial charge in [-0.25, -0.2) is 0 Å². The summed E-state index contributed by atoms with van der Waals surface area (Å²) in [5.41, 5.74) is 2.38. The summed E-state index contributed by atoms with van der Waals surface area (Å²) in [5.74, 6) is -0.316. The normalized spacial score (nSPS) is 10.6. The molecule has 0 spiro atoms. The van der Waals surface area contributed by atoms with Crippen molar-refractivity contribution in [3.05, 3.63) is 97.9 Å². The zero-order valence-corrected chi connectivity index (χ0v) is 15.5. The Balaban J connectivity index is 1.87. The quantitative estimate of drug-likeness (QED) is 0.702. The van der Waals surface area contributed by atoms with E-state index in [1.54, 1.807) is 24.3 Å². The number of halogens is 2. The van der Waals surface area contributed by atoms with Crippen molar-refractivity contribution in [2.75, 3.05) is 5.32 Å². The number of carbonyl (C=O) groups is 1. The number of rotatable bonds is 4. The van der Waals surface area contributed by atoms with Gasteiger partial charge in [-0.1, -0.05) is 47.5 Å². The van der Waals surface area contributed by atoms with Gasteiger partial charge in [0.15, 0.2) is 0 Å². The SMILES string of the molecule is Cc1c(Cl)cccc1NC(=O)c1ccc(=O)n(Cc2ccccc2Cl)c1. The van der Waals surface area contributed by atoms with E-state index in [0.717, 1.165) is 11.1 Å². The van der Waals surface area contributed by atoms with Crippen LogP contribution in [0.3, 0.4) is 0 Å². The number of hydrogen-bond acceptors (Lipinski definition) is 2. The van der Waals surface area contributed by atoms with Crippen LogP contribution < -0.4 is 10.9 Å². The molecule has 1 aromatic heterocycles. The molecular weight excluding hydrogens is 371 g/mol. The number of amides is 1. The third-order valence-corrected chi connectivity index (χ3v) is 4.84. The van der Waals surface area contributed by atoms with E-state index in [-0.39, 0.29) is 18.0 Å². The van der Waals surface area contributed by atoms with Gasteiger partial charge in [0.05, 0.1) is 12.1 Å². The van der Waals surface area contributed by atoms with Gasteiger partial charge in [-0.05, 0) is 42.3 Å². The number of carbonyl (C=O) groups excluding carboxylic acids is 1. The first-order valence-corrected chi connectivity index (χ1v) is 8.71. The van der Waals surface area contributed by atoms with E-state index in [0.29, 0.717) is 21.3 Å². The fourth-order valence-electron chi connectivity index (χ4n) is 2.54. The van der Waals surface area contributed by atoms with Crippen LogP contribution >= 0.6 is 23.2 Å². The predicted octanol–water partition coefficient (Wildman–Crippen LogP) is 4.76. The molecule has 2 aromatic carbocycles. The lowest BCUT2D eigenvalue weighted by molar-refractivity contribution is 0.102. The van der Waals surface area contributed by atoms with Crippen LogP contribution in [0.15, 0.2) is 65.6 Å². The van der Waals surface area contributed by atoms with Crippen LogP contribution in [0.1, 0.15) is 21.5 Å². The molecule has 1 N–H and O–H groups in total. The van der Waals surface area contributed by atoms with E-state index in [2.05, 4.69) is 5.32 Å². The first-order chi connectivity index (χ1) is 12.5. The highest BCUT2D eigenvalue weighted by atomic mass is 35.5. The molecule has 6 heteroatoms. The topological polar surface area (TPSA) is 51.1 Å². The standard InChI is InChI=1S/C20H16Cl2N2O2/c1-13-16(21)7-4-8-18(13)23-20(26)15-9-10-19(25)24(12-15)11-14-5-2-3-6-17(14)22/h2-10,12H,11H2,1H3,(H,23,26). The van der Waals surface area contributed by atoms with E-state index in [4.69, 9.17) is 23.2 Å². The number of anilines is 1. The summed E-state index contributed by atoms with van der Waals surface area (Å²) in [7, 11) is 0. The molecule has 132 valence electrons. The third-order valence-electron chi connectivity index (χ3n) is 4.06. The Kier molecular flexibility index (Phi) is 5.45. The van der Waals surface area contributed by atoms with Gasteiger partial charge in [-0.2, -0.15) is 0 Å². The van der Waals surface area contributed by atoms with Gasteiger partial charge in [0.25, 0.3) is 11.5 Å². The Morgan fingerprint density at radius 3 is 2.50 bits per heavy atom. The summed E-state index contributed by atoms with van der Waals surface area (Å²) in [6.07, 6.45) is 1.53. The fraction of sp³-hybridized carbons (Fsp3) is 0.100. The lowest BCUT2D eigenvalue weighted by atomic mass is 10.2. The monoisotopic (exact) mass is 386 g/mol. The van der Waals surface area contributed by atoms with Crippen LogP contribution in [0.5, 0.6) is 0 Å². The van der Waals surface area contributed by atoms with Crippen molar-refractivity contribution in [3.63, 3.8) is 0 Å². The molecule has 1 heterocycles.